The first-order chi connectivity index (χ1) is 19.3. The highest BCUT2D eigenvalue weighted by Crippen LogP contribution is 2.41. The lowest BCUT2D eigenvalue weighted by molar-refractivity contribution is 0.0174. The number of carbonyl (C=O) groups is 1. The van der Waals surface area contributed by atoms with Crippen molar-refractivity contribution in [2.45, 2.75) is 127 Å². The molecule has 0 radical (unpaired) electrons. The van der Waals surface area contributed by atoms with Crippen molar-refractivity contribution < 1.29 is 17.9 Å². The Bertz CT molecular complexity index is 1520. The Morgan fingerprint density at radius 1 is 1.07 bits per heavy atom. The molecule has 0 atom stereocenters. The number of sulfone groups is 1. The molecular weight excluding hydrogens is 569 g/mol. The molecule has 0 N–H and O–H groups in total. The quantitative estimate of drug-likeness (QED) is 0.219. The molecule has 2 aromatic rings. The first-order valence-electron chi connectivity index (χ1n) is 14.9. The highest BCUT2D eigenvalue weighted by atomic mass is 32.2. The number of nitrogens with zero attached hydrogens (tertiary/aromatic N) is 4. The van der Waals surface area contributed by atoms with Crippen LogP contribution in [0.3, 0.4) is 0 Å². The molecule has 232 valence electrons. The molecule has 0 spiro atoms. The second-order valence-corrected chi connectivity index (χ2v) is 21.1. The van der Waals surface area contributed by atoms with Gasteiger partial charge in [-0.15, -0.1) is 5.54 Å². The molecule has 1 saturated carbocycles. The third kappa shape index (κ3) is 7.08. The molecular formula is C31H48N4O5SSi. The van der Waals surface area contributed by atoms with Crippen molar-refractivity contribution in [2.24, 2.45) is 0 Å². The van der Waals surface area contributed by atoms with Gasteiger partial charge in [-0.1, -0.05) is 47.5 Å². The number of pyridine rings is 1. The zero-order valence-electron chi connectivity index (χ0n) is 27.1. The van der Waals surface area contributed by atoms with Crippen molar-refractivity contribution in [3.8, 4) is 11.5 Å². The molecule has 3 rings (SSSR count). The summed E-state index contributed by atoms with van der Waals surface area (Å²) in [6.45, 7) is 18.9. The van der Waals surface area contributed by atoms with Gasteiger partial charge in [-0.05, 0) is 63.1 Å². The summed E-state index contributed by atoms with van der Waals surface area (Å²) in [4.78, 5) is 36.6. The summed E-state index contributed by atoms with van der Waals surface area (Å²) >= 11 is 0. The van der Waals surface area contributed by atoms with E-state index in [1.54, 1.807) is 22.6 Å². The Kier molecular flexibility index (Phi) is 10.0. The second kappa shape index (κ2) is 12.5. The van der Waals surface area contributed by atoms with Crippen LogP contribution in [0.25, 0.3) is 11.0 Å². The molecule has 1 fully saturated rings. The van der Waals surface area contributed by atoms with Gasteiger partial charge >= 0.3 is 6.09 Å². The van der Waals surface area contributed by atoms with E-state index in [1.165, 1.54) is 6.20 Å². The van der Waals surface area contributed by atoms with Gasteiger partial charge in [-0.3, -0.25) is 9.36 Å². The maximum Gasteiger partial charge on any atom is 0.410 e. The molecule has 1 aliphatic rings. The number of hydrogen-bond acceptors (Lipinski definition) is 7. The topological polar surface area (TPSA) is 111 Å². The van der Waals surface area contributed by atoms with E-state index < -0.39 is 23.5 Å². The fraction of sp³-hybridized carbons (Fsp3) is 0.677. The summed E-state index contributed by atoms with van der Waals surface area (Å²) in [5.41, 5.74) is 4.89. The Morgan fingerprint density at radius 2 is 1.62 bits per heavy atom. The maximum atomic E-state index is 13.7. The molecule has 42 heavy (non-hydrogen) atoms. The molecule has 1 amide bonds. The van der Waals surface area contributed by atoms with Crippen molar-refractivity contribution in [3.05, 3.63) is 28.2 Å². The fourth-order valence-corrected chi connectivity index (χ4v) is 12.2. The Morgan fingerprint density at radius 3 is 2.10 bits per heavy atom. The minimum absolute atomic E-state index is 0.0226. The molecule has 2 heterocycles. The minimum Gasteiger partial charge on any atom is -0.444 e. The zero-order chi connectivity index (χ0) is 31.8. The number of ether oxygens (including phenoxy) is 1. The molecule has 0 saturated heterocycles. The molecule has 0 bridgehead atoms. The second-order valence-electron chi connectivity index (χ2n) is 13.6. The van der Waals surface area contributed by atoms with E-state index in [0.29, 0.717) is 53.3 Å². The van der Waals surface area contributed by atoms with Gasteiger partial charge < -0.3 is 9.64 Å². The maximum absolute atomic E-state index is 13.7. The average molecular weight is 617 g/mol. The van der Waals surface area contributed by atoms with Crippen LogP contribution < -0.4 is 5.56 Å². The van der Waals surface area contributed by atoms with Gasteiger partial charge in [0, 0.05) is 43.2 Å². The molecule has 0 aromatic carbocycles. The van der Waals surface area contributed by atoms with E-state index in [1.807, 2.05) is 20.8 Å². The van der Waals surface area contributed by atoms with E-state index in [9.17, 15) is 18.0 Å². The van der Waals surface area contributed by atoms with Gasteiger partial charge in [0.1, 0.15) is 19.3 Å². The normalized spacial score (nSPS) is 18.3. The lowest BCUT2D eigenvalue weighted by atomic mass is 9.90. The highest BCUT2D eigenvalue weighted by molar-refractivity contribution is 7.90. The van der Waals surface area contributed by atoms with E-state index in [4.69, 9.17) is 4.74 Å². The van der Waals surface area contributed by atoms with Crippen LogP contribution in [-0.2, 0) is 14.6 Å². The average Bonchev–Trinajstić information content (AvgIpc) is 2.86. The third-order valence-corrected chi connectivity index (χ3v) is 15.8. The molecule has 9 nitrogen and oxygen atoms in total. The summed E-state index contributed by atoms with van der Waals surface area (Å²) in [5, 5.41) is 0.253. The summed E-state index contributed by atoms with van der Waals surface area (Å²) < 4.78 is 32.0. The highest BCUT2D eigenvalue weighted by Gasteiger charge is 2.42. The summed E-state index contributed by atoms with van der Waals surface area (Å²) in [7, 11) is -4.06. The van der Waals surface area contributed by atoms with Crippen LogP contribution >= 0.6 is 0 Å². The minimum atomic E-state index is -3.71. The first kappa shape index (κ1) is 33.8. The van der Waals surface area contributed by atoms with E-state index in [-0.39, 0.29) is 34.5 Å². The van der Waals surface area contributed by atoms with Crippen LogP contribution in [0.2, 0.25) is 16.6 Å². The monoisotopic (exact) mass is 616 g/mol. The lowest BCUT2D eigenvalue weighted by Gasteiger charge is -2.38. The number of carbonyl (C=O) groups excluding carboxylic acids is 1. The van der Waals surface area contributed by atoms with Crippen LogP contribution in [0.5, 0.6) is 0 Å². The van der Waals surface area contributed by atoms with Gasteiger partial charge in [0.25, 0.3) is 5.56 Å². The van der Waals surface area contributed by atoms with Gasteiger partial charge in [0.2, 0.25) is 15.0 Å². The van der Waals surface area contributed by atoms with Crippen molar-refractivity contribution in [1.82, 2.24) is 19.4 Å². The Labute approximate surface area is 252 Å². The van der Waals surface area contributed by atoms with Crippen molar-refractivity contribution in [1.29, 1.82) is 0 Å². The summed E-state index contributed by atoms with van der Waals surface area (Å²) in [6, 6.07) is 1.33. The largest absolute Gasteiger partial charge is 0.444 e. The van der Waals surface area contributed by atoms with E-state index in [0.717, 1.165) is 6.26 Å². The molecule has 2 aromatic heterocycles. The zero-order valence-corrected chi connectivity index (χ0v) is 28.9. The van der Waals surface area contributed by atoms with Gasteiger partial charge in [0.05, 0.1) is 5.39 Å². The molecule has 0 unspecified atom stereocenters. The van der Waals surface area contributed by atoms with Crippen molar-refractivity contribution >= 4 is 35.0 Å². The molecule has 11 heteroatoms. The number of rotatable bonds is 6. The fourth-order valence-electron chi connectivity index (χ4n) is 6.54. The van der Waals surface area contributed by atoms with E-state index in [2.05, 4.69) is 63.0 Å². The van der Waals surface area contributed by atoms with E-state index >= 15 is 0 Å². The Balaban J connectivity index is 2.10. The summed E-state index contributed by atoms with van der Waals surface area (Å²) in [5.74, 6) is 3.37. The van der Waals surface area contributed by atoms with Gasteiger partial charge in [-0.2, -0.15) is 4.98 Å². The standard InChI is InChI=1S/C31H48N4O5SSi/c1-20(2)42(21(3)4,22(5)6)17-16-23-18-27(36)35(28-26(23)19-32-29(33-28)41(11,38)39)25-14-12-24(13-15-25)34(10)30(37)40-31(7,8)9/h18-22,24-25H,12-15H2,1-11H3. The summed E-state index contributed by atoms with van der Waals surface area (Å²) in [6.07, 6.45) is 4.78. The van der Waals surface area contributed by atoms with Crippen LogP contribution in [0.1, 0.15) is 99.6 Å². The molecule has 0 aliphatic heterocycles. The third-order valence-electron chi connectivity index (χ3n) is 8.64. The van der Waals surface area contributed by atoms with Gasteiger partial charge in [-0.25, -0.2) is 18.2 Å². The van der Waals surface area contributed by atoms with Crippen LogP contribution in [-0.4, -0.2) is 67.0 Å². The number of amides is 1. The first-order valence-corrected chi connectivity index (χ1v) is 19.0. The predicted octanol–water partition coefficient (Wildman–Crippen LogP) is 6.12. The Hall–Kier alpha value is -2.71. The molecule has 1 aliphatic carbocycles. The lowest BCUT2D eigenvalue weighted by Crippen LogP contribution is -2.43. The van der Waals surface area contributed by atoms with Gasteiger partial charge in [0.15, 0.2) is 0 Å². The number of hydrogen-bond donors (Lipinski definition) is 0. The SMILES string of the molecule is CC(C)[Si](C#Cc1cc(=O)n(C2CCC(N(C)C(=O)OC(C)(C)C)CC2)c2nc(S(C)(=O)=O)ncc12)(C(C)C)C(C)C. The van der Waals surface area contributed by atoms with Crippen molar-refractivity contribution in [3.63, 3.8) is 0 Å². The number of aromatic nitrogens is 3. The smallest absolute Gasteiger partial charge is 0.410 e. The van der Waals surface area contributed by atoms with Crippen LogP contribution in [0, 0.1) is 11.5 Å². The van der Waals surface area contributed by atoms with Crippen LogP contribution in [0.15, 0.2) is 22.2 Å². The number of fused-ring (bicyclic) bond motifs is 1. The predicted molar refractivity (Wildman–Crippen MR) is 170 cm³/mol. The van der Waals surface area contributed by atoms with Crippen molar-refractivity contribution in [2.75, 3.05) is 13.3 Å². The van der Waals surface area contributed by atoms with Crippen LogP contribution in [0.4, 0.5) is 4.79 Å².